The summed E-state index contributed by atoms with van der Waals surface area (Å²) in [4.78, 5) is 7.12. The van der Waals surface area contributed by atoms with E-state index in [9.17, 15) is 0 Å². The highest BCUT2D eigenvalue weighted by atomic mass is 15.4. The van der Waals surface area contributed by atoms with Gasteiger partial charge in [0, 0.05) is 88.6 Å². The first-order valence-corrected chi connectivity index (χ1v) is 37.0. The van der Waals surface area contributed by atoms with Gasteiger partial charge < -0.3 is 0 Å². The SMILES string of the molecule is C1CCC2C(C1)C1C3C4CCCCC4N(C4CC(C5CCC(C6CCNNC6)CC5)CC(C5CCC(C6CCNNC6)CC5)C4)C3CCC1N2C1CC(C2CCC(C3CCNNC3)CC2)CC(C2CCC(C3CCNNC3)CC2)C1. The molecule has 9 aliphatic carbocycles. The molecule has 9 saturated carbocycles. The second-order valence-electron chi connectivity index (χ2n) is 32.7. The molecule has 0 aromatic carbocycles. The number of rotatable bonds is 10. The Kier molecular flexibility index (Phi) is 18.1. The fourth-order valence-corrected chi connectivity index (χ4v) is 25.9. The van der Waals surface area contributed by atoms with Gasteiger partial charge in [-0.2, -0.15) is 0 Å². The van der Waals surface area contributed by atoms with Gasteiger partial charge in [0.25, 0.3) is 0 Å². The van der Waals surface area contributed by atoms with Crippen LogP contribution in [0.25, 0.3) is 0 Å². The lowest BCUT2D eigenvalue weighted by atomic mass is 9.60. The quantitative estimate of drug-likeness (QED) is 0.108. The molecule has 8 N–H and O–H groups in total. The lowest BCUT2D eigenvalue weighted by Gasteiger charge is -2.52. The monoisotopic (exact) mass is 1100 g/mol. The average molecular weight is 1100 g/mol. The van der Waals surface area contributed by atoms with Crippen LogP contribution in [0.3, 0.4) is 0 Å². The fraction of sp³-hybridized carbons (Fsp3) is 1.00. The van der Waals surface area contributed by atoms with Crippen molar-refractivity contribution in [2.75, 3.05) is 52.4 Å². The van der Waals surface area contributed by atoms with Crippen molar-refractivity contribution in [2.24, 2.45) is 118 Å². The minimum Gasteiger partial charge on any atom is -0.294 e. The lowest BCUT2D eigenvalue weighted by molar-refractivity contribution is -0.0258. The van der Waals surface area contributed by atoms with E-state index < -0.39 is 0 Å². The molecule has 0 aromatic rings. The minimum absolute atomic E-state index is 0.871. The number of nitrogens with zero attached hydrogens (tertiary/aromatic N) is 2. The Morgan fingerprint density at radius 2 is 0.463 bits per heavy atom. The van der Waals surface area contributed by atoms with Crippen molar-refractivity contribution in [1.29, 1.82) is 0 Å². The van der Waals surface area contributed by atoms with E-state index in [0.717, 1.165) is 155 Å². The number of fused-ring (bicyclic) bond motifs is 7. The zero-order valence-corrected chi connectivity index (χ0v) is 51.0. The van der Waals surface area contributed by atoms with E-state index in [-0.39, 0.29) is 0 Å². The Labute approximate surface area is 489 Å². The van der Waals surface area contributed by atoms with Crippen LogP contribution in [0.15, 0.2) is 0 Å². The summed E-state index contributed by atoms with van der Waals surface area (Å²) in [7, 11) is 0. The molecule has 6 saturated heterocycles. The van der Waals surface area contributed by atoms with E-state index >= 15 is 0 Å². The van der Waals surface area contributed by atoms with Gasteiger partial charge in [-0.05, 0) is 324 Å². The Morgan fingerprint density at radius 3 is 0.725 bits per heavy atom. The fourth-order valence-electron chi connectivity index (χ4n) is 25.9. The van der Waals surface area contributed by atoms with Gasteiger partial charge in [0.05, 0.1) is 0 Å². The third-order valence-electron chi connectivity index (χ3n) is 29.6. The van der Waals surface area contributed by atoms with Crippen LogP contribution in [-0.2, 0) is 0 Å². The van der Waals surface area contributed by atoms with Gasteiger partial charge in [-0.3, -0.25) is 53.2 Å². The molecule has 0 spiro atoms. The minimum atomic E-state index is 0.871. The number of hydrogen-bond acceptors (Lipinski definition) is 10. The maximum Gasteiger partial charge on any atom is 0.0137 e. The largest absolute Gasteiger partial charge is 0.294 e. The van der Waals surface area contributed by atoms with Crippen molar-refractivity contribution < 1.29 is 0 Å². The lowest BCUT2D eigenvalue weighted by Crippen LogP contribution is -2.55. The van der Waals surface area contributed by atoms with Crippen molar-refractivity contribution in [3.8, 4) is 0 Å². The van der Waals surface area contributed by atoms with Crippen molar-refractivity contribution in [2.45, 2.75) is 267 Å². The zero-order chi connectivity index (χ0) is 52.9. The normalized spacial score (nSPS) is 52.0. The van der Waals surface area contributed by atoms with Gasteiger partial charge in [-0.25, -0.2) is 0 Å². The standard InChI is InChI=1S/C70H122N10/c1-3-7-65-63(5-1)69-67(79(65)61-37-57(49-17-9-45(10-18-49)53-27-31-71-75-41-53)35-58(38-61)50-19-11-46(12-20-50)54-28-32-72-76-42-54)25-26-68-70(69)64-6-2-4-8-66(64)80(68)62-39-59(51-21-13-47(14-22-51)55-29-33-73-77-43-55)36-60(40-62)52-23-15-48(16-24-52)56-30-34-74-78-44-56/h45-78H,1-44H2. The summed E-state index contributed by atoms with van der Waals surface area (Å²) in [5.41, 5.74) is 28.2. The Hall–Kier alpha value is -0.400. The molecule has 16 unspecified atom stereocenters. The topological polar surface area (TPSA) is 103 Å². The molecule has 6 heterocycles. The number of hydrazine groups is 4. The molecule has 0 amide bonds. The molecule has 16 atom stereocenters. The number of nitrogens with one attached hydrogen (secondary N) is 8. The Bertz CT molecular complexity index is 1690. The molecule has 0 aromatic heterocycles. The summed E-state index contributed by atoms with van der Waals surface area (Å²) < 4.78 is 0. The Balaban J connectivity index is 0.686. The first-order chi connectivity index (χ1) is 39.6. The molecule has 80 heavy (non-hydrogen) atoms. The molecule has 0 radical (unpaired) electrons. The summed E-state index contributed by atoms with van der Waals surface area (Å²) in [5.74, 6) is 19.4. The van der Waals surface area contributed by atoms with Crippen LogP contribution in [0.1, 0.15) is 231 Å². The summed E-state index contributed by atoms with van der Waals surface area (Å²) >= 11 is 0. The van der Waals surface area contributed by atoms with Crippen molar-refractivity contribution in [1.82, 2.24) is 53.2 Å². The van der Waals surface area contributed by atoms with E-state index in [4.69, 9.17) is 0 Å². The molecular formula is C70H122N10. The van der Waals surface area contributed by atoms with Gasteiger partial charge in [0.2, 0.25) is 0 Å². The number of likely N-dealkylation sites (tertiary alicyclic amines) is 2. The predicted octanol–water partition coefficient (Wildman–Crippen LogP) is 11.8. The smallest absolute Gasteiger partial charge is 0.0137 e. The van der Waals surface area contributed by atoms with Crippen LogP contribution in [-0.4, -0.2) is 98.4 Å². The van der Waals surface area contributed by atoms with Crippen LogP contribution in [0, 0.1) is 118 Å². The van der Waals surface area contributed by atoms with Crippen LogP contribution in [0.2, 0.25) is 0 Å². The number of hydrogen-bond donors (Lipinski definition) is 8. The van der Waals surface area contributed by atoms with Gasteiger partial charge in [0.1, 0.15) is 0 Å². The van der Waals surface area contributed by atoms with Gasteiger partial charge in [-0.15, -0.1) is 0 Å². The van der Waals surface area contributed by atoms with Crippen molar-refractivity contribution in [3.63, 3.8) is 0 Å². The van der Waals surface area contributed by atoms with Crippen molar-refractivity contribution in [3.05, 3.63) is 0 Å². The van der Waals surface area contributed by atoms with Crippen LogP contribution < -0.4 is 43.4 Å². The molecule has 15 aliphatic rings. The van der Waals surface area contributed by atoms with Crippen LogP contribution in [0.4, 0.5) is 0 Å². The summed E-state index contributed by atoms with van der Waals surface area (Å²) in [6, 6.07) is 5.33. The van der Waals surface area contributed by atoms with E-state index in [1.165, 1.54) is 155 Å². The summed E-state index contributed by atoms with van der Waals surface area (Å²) in [6.07, 6.45) is 55.1. The molecule has 0 bridgehead atoms. The molecule has 10 heteroatoms. The average Bonchev–Trinajstić information content (AvgIpc) is 4.29. The van der Waals surface area contributed by atoms with E-state index in [1.807, 2.05) is 0 Å². The van der Waals surface area contributed by atoms with Gasteiger partial charge in [0.15, 0.2) is 0 Å². The van der Waals surface area contributed by atoms with E-state index in [2.05, 4.69) is 53.2 Å². The predicted molar refractivity (Wildman–Crippen MR) is 326 cm³/mol. The maximum absolute atomic E-state index is 3.58. The van der Waals surface area contributed by atoms with Gasteiger partial charge >= 0.3 is 0 Å². The van der Waals surface area contributed by atoms with Crippen molar-refractivity contribution >= 4 is 0 Å². The highest BCUT2D eigenvalue weighted by Gasteiger charge is 2.64. The molecule has 452 valence electrons. The molecule has 15 rings (SSSR count). The Morgan fingerprint density at radius 1 is 0.200 bits per heavy atom. The highest BCUT2D eigenvalue weighted by Crippen LogP contribution is 2.63. The van der Waals surface area contributed by atoms with Crippen LogP contribution in [0.5, 0.6) is 0 Å². The first kappa shape index (κ1) is 56.1. The molecule has 6 aliphatic heterocycles. The second kappa shape index (κ2) is 25.7. The third-order valence-corrected chi connectivity index (χ3v) is 29.6. The summed E-state index contributed by atoms with van der Waals surface area (Å²) in [6.45, 7) is 9.52. The van der Waals surface area contributed by atoms with E-state index in [0.29, 0.717) is 0 Å². The molecular weight excluding hydrogens is 981 g/mol. The maximum atomic E-state index is 3.58. The zero-order valence-electron chi connectivity index (χ0n) is 51.0. The van der Waals surface area contributed by atoms with Crippen LogP contribution >= 0.6 is 0 Å². The molecule has 15 fully saturated rings. The van der Waals surface area contributed by atoms with E-state index in [1.54, 1.807) is 128 Å². The highest BCUT2D eigenvalue weighted by molar-refractivity contribution is 5.17. The van der Waals surface area contributed by atoms with Gasteiger partial charge in [-0.1, -0.05) is 25.7 Å². The first-order valence-electron chi connectivity index (χ1n) is 37.0. The third kappa shape index (κ3) is 11.5. The molecule has 10 nitrogen and oxygen atoms in total. The second-order valence-corrected chi connectivity index (χ2v) is 32.7. The summed E-state index contributed by atoms with van der Waals surface area (Å²) in [5, 5.41) is 0.